The van der Waals surface area contributed by atoms with Gasteiger partial charge in [-0.1, -0.05) is 42.5 Å². The third-order valence-electron chi connectivity index (χ3n) is 5.35. The molecule has 1 atom stereocenters. The van der Waals surface area contributed by atoms with Crippen molar-refractivity contribution in [3.8, 4) is 5.75 Å². The third kappa shape index (κ3) is 5.06. The van der Waals surface area contributed by atoms with Gasteiger partial charge in [-0.05, 0) is 48.4 Å². The summed E-state index contributed by atoms with van der Waals surface area (Å²) in [6, 6.07) is 20.4. The number of carbonyl (C=O) groups is 2. The van der Waals surface area contributed by atoms with Crippen molar-refractivity contribution in [3.63, 3.8) is 0 Å². The van der Waals surface area contributed by atoms with Gasteiger partial charge in [0.2, 0.25) is 0 Å². The van der Waals surface area contributed by atoms with Crippen molar-refractivity contribution in [1.29, 1.82) is 0 Å². The Morgan fingerprint density at radius 1 is 1.12 bits per heavy atom. The van der Waals surface area contributed by atoms with Crippen LogP contribution in [0.1, 0.15) is 29.7 Å². The zero-order valence-corrected chi connectivity index (χ0v) is 17.6. The highest BCUT2D eigenvalue weighted by atomic mass is 19.1. The molecular weight excluding hydrogens is 411 g/mol. The minimum Gasteiger partial charge on any atom is -0.483 e. The topological polar surface area (TPSA) is 67.9 Å². The van der Waals surface area contributed by atoms with Gasteiger partial charge in [-0.25, -0.2) is 9.18 Å². The Morgan fingerprint density at radius 3 is 2.62 bits per heavy atom. The van der Waals surface area contributed by atoms with Crippen LogP contribution < -0.4 is 10.1 Å². The summed E-state index contributed by atoms with van der Waals surface area (Å²) in [5.74, 6) is 0.0804. The van der Waals surface area contributed by atoms with Crippen molar-refractivity contribution in [2.24, 2.45) is 0 Å². The SMILES string of the molecule is CC(c1ccc(F)cc1)N1Cc2cc(NC(=O)OCc3ccccc3)ccc2OCC1=O. The fourth-order valence-electron chi connectivity index (χ4n) is 3.57. The lowest BCUT2D eigenvalue weighted by molar-refractivity contribution is -0.135. The Bertz CT molecular complexity index is 1100. The number of halogens is 1. The first-order valence-corrected chi connectivity index (χ1v) is 10.3. The second-order valence-corrected chi connectivity index (χ2v) is 7.55. The average molecular weight is 434 g/mol. The summed E-state index contributed by atoms with van der Waals surface area (Å²) in [6.45, 7) is 2.25. The van der Waals surface area contributed by atoms with Gasteiger partial charge >= 0.3 is 6.09 Å². The van der Waals surface area contributed by atoms with Crippen LogP contribution in [0.3, 0.4) is 0 Å². The Balaban J connectivity index is 1.46. The molecule has 0 saturated carbocycles. The molecule has 1 N–H and O–H groups in total. The summed E-state index contributed by atoms with van der Waals surface area (Å²) in [5.41, 5.74) is 3.00. The van der Waals surface area contributed by atoms with E-state index in [0.717, 1.165) is 16.7 Å². The number of nitrogens with zero attached hydrogens (tertiary/aromatic N) is 1. The van der Waals surface area contributed by atoms with E-state index in [0.29, 0.717) is 18.0 Å². The third-order valence-corrected chi connectivity index (χ3v) is 5.35. The lowest BCUT2D eigenvalue weighted by atomic mass is 10.1. The van der Waals surface area contributed by atoms with Gasteiger partial charge in [0, 0.05) is 11.3 Å². The number of benzene rings is 3. The highest BCUT2D eigenvalue weighted by Gasteiger charge is 2.27. The van der Waals surface area contributed by atoms with Crippen LogP contribution in [0.25, 0.3) is 0 Å². The van der Waals surface area contributed by atoms with Gasteiger partial charge in [-0.15, -0.1) is 0 Å². The van der Waals surface area contributed by atoms with Gasteiger partial charge in [0.15, 0.2) is 6.61 Å². The largest absolute Gasteiger partial charge is 0.483 e. The maximum Gasteiger partial charge on any atom is 0.411 e. The number of hydrogen-bond acceptors (Lipinski definition) is 4. The molecule has 6 nitrogen and oxygen atoms in total. The van der Waals surface area contributed by atoms with Gasteiger partial charge in [0.1, 0.15) is 18.2 Å². The lowest BCUT2D eigenvalue weighted by Crippen LogP contribution is -2.34. The number of ether oxygens (including phenoxy) is 2. The zero-order valence-electron chi connectivity index (χ0n) is 17.6. The Morgan fingerprint density at radius 2 is 1.88 bits per heavy atom. The molecule has 0 aliphatic carbocycles. The smallest absolute Gasteiger partial charge is 0.411 e. The van der Waals surface area contributed by atoms with Crippen LogP contribution in [0, 0.1) is 5.82 Å². The maximum absolute atomic E-state index is 13.3. The maximum atomic E-state index is 13.3. The highest BCUT2D eigenvalue weighted by molar-refractivity contribution is 5.85. The molecule has 0 radical (unpaired) electrons. The highest BCUT2D eigenvalue weighted by Crippen LogP contribution is 2.31. The molecule has 4 rings (SSSR count). The van der Waals surface area contributed by atoms with Crippen molar-refractivity contribution in [1.82, 2.24) is 4.90 Å². The Hall–Kier alpha value is -3.87. The summed E-state index contributed by atoms with van der Waals surface area (Å²) >= 11 is 0. The quantitative estimate of drug-likeness (QED) is 0.610. The van der Waals surface area contributed by atoms with E-state index < -0.39 is 6.09 Å². The summed E-state index contributed by atoms with van der Waals surface area (Å²) in [7, 11) is 0. The lowest BCUT2D eigenvalue weighted by Gasteiger charge is -2.28. The molecular formula is C25H23FN2O4. The summed E-state index contributed by atoms with van der Waals surface area (Å²) in [5, 5.41) is 2.71. The predicted octanol–water partition coefficient (Wildman–Crippen LogP) is 5.06. The van der Waals surface area contributed by atoms with Crippen molar-refractivity contribution < 1.29 is 23.5 Å². The van der Waals surface area contributed by atoms with Gasteiger partial charge in [0.05, 0.1) is 12.6 Å². The van der Waals surface area contributed by atoms with Crippen LogP contribution in [0.15, 0.2) is 72.8 Å². The van der Waals surface area contributed by atoms with E-state index in [1.54, 1.807) is 35.2 Å². The Labute approximate surface area is 185 Å². The monoisotopic (exact) mass is 434 g/mol. The molecule has 2 amide bonds. The van der Waals surface area contributed by atoms with E-state index >= 15 is 0 Å². The molecule has 1 aliphatic heterocycles. The molecule has 3 aromatic carbocycles. The van der Waals surface area contributed by atoms with Gasteiger partial charge in [-0.2, -0.15) is 0 Å². The number of anilines is 1. The van der Waals surface area contributed by atoms with E-state index in [9.17, 15) is 14.0 Å². The van der Waals surface area contributed by atoms with Crippen molar-refractivity contribution in [3.05, 3.63) is 95.3 Å². The van der Waals surface area contributed by atoms with Gasteiger partial charge in [0.25, 0.3) is 5.91 Å². The number of rotatable bonds is 5. The van der Waals surface area contributed by atoms with Crippen LogP contribution in [-0.4, -0.2) is 23.5 Å². The van der Waals surface area contributed by atoms with Crippen LogP contribution >= 0.6 is 0 Å². The predicted molar refractivity (Wildman–Crippen MR) is 118 cm³/mol. The standard InChI is InChI=1S/C25H23FN2O4/c1-17(19-7-9-21(26)10-8-19)28-14-20-13-22(11-12-23(20)31-16-24(28)29)27-25(30)32-15-18-5-3-2-4-6-18/h2-13,17H,14-16H2,1H3,(H,27,30). The van der Waals surface area contributed by atoms with E-state index in [2.05, 4.69) is 5.32 Å². The average Bonchev–Trinajstić information content (AvgIpc) is 2.97. The van der Waals surface area contributed by atoms with Crippen molar-refractivity contribution in [2.45, 2.75) is 26.1 Å². The summed E-state index contributed by atoms with van der Waals surface area (Å²) in [4.78, 5) is 26.6. The minimum atomic E-state index is -0.573. The van der Waals surface area contributed by atoms with E-state index in [1.165, 1.54) is 12.1 Å². The van der Waals surface area contributed by atoms with E-state index in [4.69, 9.17) is 9.47 Å². The molecule has 0 fully saturated rings. The summed E-state index contributed by atoms with van der Waals surface area (Å²) in [6.07, 6.45) is -0.573. The van der Waals surface area contributed by atoms with Crippen LogP contribution in [0.5, 0.6) is 5.75 Å². The number of hydrogen-bond donors (Lipinski definition) is 1. The first-order chi connectivity index (χ1) is 15.5. The number of nitrogens with one attached hydrogen (secondary N) is 1. The number of carbonyl (C=O) groups excluding carboxylic acids is 2. The van der Waals surface area contributed by atoms with Gasteiger partial charge < -0.3 is 14.4 Å². The molecule has 1 unspecified atom stereocenters. The Kier molecular flexibility index (Phi) is 6.35. The number of amides is 2. The molecule has 0 saturated heterocycles. The van der Waals surface area contributed by atoms with E-state index in [1.807, 2.05) is 37.3 Å². The molecule has 1 heterocycles. The fourth-order valence-corrected chi connectivity index (χ4v) is 3.57. The minimum absolute atomic E-state index is 0.0928. The first kappa shape index (κ1) is 21.4. The second kappa shape index (κ2) is 9.51. The summed E-state index contributed by atoms with van der Waals surface area (Å²) < 4.78 is 24.2. The normalized spacial score (nSPS) is 14.1. The van der Waals surface area contributed by atoms with Crippen molar-refractivity contribution in [2.75, 3.05) is 11.9 Å². The van der Waals surface area contributed by atoms with Crippen LogP contribution in [0.4, 0.5) is 14.9 Å². The molecule has 3 aromatic rings. The molecule has 0 aromatic heterocycles. The van der Waals surface area contributed by atoms with Gasteiger partial charge in [-0.3, -0.25) is 10.1 Å². The van der Waals surface area contributed by atoms with E-state index in [-0.39, 0.29) is 31.0 Å². The van der Waals surface area contributed by atoms with Crippen molar-refractivity contribution >= 4 is 17.7 Å². The number of fused-ring (bicyclic) bond motifs is 1. The second-order valence-electron chi connectivity index (χ2n) is 7.55. The molecule has 0 bridgehead atoms. The van der Waals surface area contributed by atoms with Crippen LogP contribution in [-0.2, 0) is 22.7 Å². The molecule has 7 heteroatoms. The van der Waals surface area contributed by atoms with Crippen LogP contribution in [0.2, 0.25) is 0 Å². The zero-order chi connectivity index (χ0) is 22.5. The molecule has 164 valence electrons. The first-order valence-electron chi connectivity index (χ1n) is 10.3. The molecule has 1 aliphatic rings. The fraction of sp³-hybridized carbons (Fsp3) is 0.200. The molecule has 32 heavy (non-hydrogen) atoms. The molecule has 0 spiro atoms.